The predicted molar refractivity (Wildman–Crippen MR) is 80.1 cm³/mol. The van der Waals surface area contributed by atoms with Crippen molar-refractivity contribution < 1.29 is 9.53 Å². The molecule has 3 rings (SSSR count). The number of benzene rings is 1. The Labute approximate surface area is 124 Å². The van der Waals surface area contributed by atoms with Crippen molar-refractivity contribution in [1.82, 2.24) is 10.3 Å². The highest BCUT2D eigenvalue weighted by Gasteiger charge is 2.25. The van der Waals surface area contributed by atoms with Gasteiger partial charge in [-0.05, 0) is 42.5 Å². The lowest BCUT2D eigenvalue weighted by Gasteiger charge is -2.25. The summed E-state index contributed by atoms with van der Waals surface area (Å²) in [4.78, 5) is 16.2. The van der Waals surface area contributed by atoms with Gasteiger partial charge in [0, 0.05) is 18.9 Å². The molecular formula is C17H18N2O2. The SMILES string of the molecule is O=C(NCCc1cccnc1)C1CCc2ccccc2O1. The third-order valence-corrected chi connectivity index (χ3v) is 3.65. The summed E-state index contributed by atoms with van der Waals surface area (Å²) < 4.78 is 5.77. The van der Waals surface area contributed by atoms with Gasteiger partial charge in [0.2, 0.25) is 0 Å². The maximum Gasteiger partial charge on any atom is 0.261 e. The third kappa shape index (κ3) is 3.40. The Morgan fingerprint density at radius 1 is 1.29 bits per heavy atom. The van der Waals surface area contributed by atoms with Gasteiger partial charge in [-0.15, -0.1) is 0 Å². The number of rotatable bonds is 4. The summed E-state index contributed by atoms with van der Waals surface area (Å²) >= 11 is 0. The van der Waals surface area contributed by atoms with Crippen molar-refractivity contribution in [3.8, 4) is 5.75 Å². The summed E-state index contributed by atoms with van der Waals surface area (Å²) in [5.41, 5.74) is 2.30. The number of pyridine rings is 1. The molecule has 4 heteroatoms. The van der Waals surface area contributed by atoms with E-state index in [2.05, 4.69) is 10.3 Å². The number of carbonyl (C=O) groups is 1. The molecule has 1 aliphatic rings. The fraction of sp³-hybridized carbons (Fsp3) is 0.294. The minimum Gasteiger partial charge on any atom is -0.480 e. The van der Waals surface area contributed by atoms with Crippen LogP contribution in [0.3, 0.4) is 0 Å². The summed E-state index contributed by atoms with van der Waals surface area (Å²) in [7, 11) is 0. The second-order valence-corrected chi connectivity index (χ2v) is 5.16. The van der Waals surface area contributed by atoms with E-state index in [0.29, 0.717) is 6.54 Å². The molecule has 4 nitrogen and oxygen atoms in total. The average molecular weight is 282 g/mol. The number of para-hydroxylation sites is 1. The molecule has 0 aliphatic carbocycles. The molecule has 0 saturated carbocycles. The van der Waals surface area contributed by atoms with E-state index in [0.717, 1.165) is 30.6 Å². The summed E-state index contributed by atoms with van der Waals surface area (Å²) in [5, 5.41) is 2.94. The monoisotopic (exact) mass is 282 g/mol. The second-order valence-electron chi connectivity index (χ2n) is 5.16. The van der Waals surface area contributed by atoms with Crippen LogP contribution < -0.4 is 10.1 Å². The van der Waals surface area contributed by atoms with Crippen LogP contribution in [0.4, 0.5) is 0 Å². The Morgan fingerprint density at radius 3 is 3.05 bits per heavy atom. The van der Waals surface area contributed by atoms with Crippen LogP contribution in [0, 0.1) is 0 Å². The van der Waals surface area contributed by atoms with E-state index in [1.807, 2.05) is 42.6 Å². The van der Waals surface area contributed by atoms with Gasteiger partial charge >= 0.3 is 0 Å². The molecular weight excluding hydrogens is 264 g/mol. The number of nitrogens with zero attached hydrogens (tertiary/aromatic N) is 1. The van der Waals surface area contributed by atoms with Gasteiger partial charge in [-0.1, -0.05) is 24.3 Å². The quantitative estimate of drug-likeness (QED) is 0.934. The number of nitrogens with one attached hydrogen (secondary N) is 1. The average Bonchev–Trinajstić information content (AvgIpc) is 2.55. The number of hydrogen-bond donors (Lipinski definition) is 1. The molecule has 1 aromatic carbocycles. The molecule has 0 saturated heterocycles. The molecule has 1 unspecified atom stereocenters. The van der Waals surface area contributed by atoms with Crippen molar-refractivity contribution in [2.75, 3.05) is 6.54 Å². The maximum absolute atomic E-state index is 12.1. The highest BCUT2D eigenvalue weighted by Crippen LogP contribution is 2.26. The van der Waals surface area contributed by atoms with Crippen LogP contribution in [0.15, 0.2) is 48.8 Å². The summed E-state index contributed by atoms with van der Waals surface area (Å²) in [6.45, 7) is 0.603. The van der Waals surface area contributed by atoms with Crippen LogP contribution in [0.25, 0.3) is 0 Å². The third-order valence-electron chi connectivity index (χ3n) is 3.65. The first-order valence-corrected chi connectivity index (χ1v) is 7.24. The van der Waals surface area contributed by atoms with Crippen molar-refractivity contribution >= 4 is 5.91 Å². The highest BCUT2D eigenvalue weighted by atomic mass is 16.5. The largest absolute Gasteiger partial charge is 0.480 e. The highest BCUT2D eigenvalue weighted by molar-refractivity contribution is 5.81. The molecule has 0 fully saturated rings. The number of hydrogen-bond acceptors (Lipinski definition) is 3. The van der Waals surface area contributed by atoms with Gasteiger partial charge in [-0.2, -0.15) is 0 Å². The number of aryl methyl sites for hydroxylation is 1. The molecule has 0 bridgehead atoms. The Kier molecular flexibility index (Phi) is 4.15. The fourth-order valence-electron chi connectivity index (χ4n) is 2.50. The first-order valence-electron chi connectivity index (χ1n) is 7.24. The minimum atomic E-state index is -0.381. The molecule has 0 spiro atoms. The van der Waals surface area contributed by atoms with Gasteiger partial charge in [0.15, 0.2) is 6.10 Å². The normalized spacial score (nSPS) is 16.7. The lowest BCUT2D eigenvalue weighted by molar-refractivity contribution is -0.128. The van der Waals surface area contributed by atoms with Crippen molar-refractivity contribution in [2.24, 2.45) is 0 Å². The van der Waals surface area contributed by atoms with Crippen LogP contribution in [0.1, 0.15) is 17.5 Å². The van der Waals surface area contributed by atoms with Crippen LogP contribution in [0.5, 0.6) is 5.75 Å². The van der Waals surface area contributed by atoms with Crippen LogP contribution in [0.2, 0.25) is 0 Å². The van der Waals surface area contributed by atoms with Crippen LogP contribution in [-0.4, -0.2) is 23.5 Å². The van der Waals surface area contributed by atoms with Gasteiger partial charge < -0.3 is 10.1 Å². The molecule has 1 N–H and O–H groups in total. The van der Waals surface area contributed by atoms with Crippen molar-refractivity contribution in [3.63, 3.8) is 0 Å². The molecule has 2 heterocycles. The number of aromatic nitrogens is 1. The van der Waals surface area contributed by atoms with E-state index >= 15 is 0 Å². The van der Waals surface area contributed by atoms with Crippen molar-refractivity contribution in [3.05, 3.63) is 59.9 Å². The van der Waals surface area contributed by atoms with Gasteiger partial charge in [0.25, 0.3) is 5.91 Å². The molecule has 1 aromatic heterocycles. The van der Waals surface area contributed by atoms with E-state index in [-0.39, 0.29) is 12.0 Å². The Bertz CT molecular complexity index is 613. The first kappa shape index (κ1) is 13.6. The van der Waals surface area contributed by atoms with Crippen LogP contribution >= 0.6 is 0 Å². The Balaban J connectivity index is 1.50. The lowest BCUT2D eigenvalue weighted by atomic mass is 10.0. The van der Waals surface area contributed by atoms with Gasteiger partial charge in [-0.3, -0.25) is 9.78 Å². The summed E-state index contributed by atoms with van der Waals surface area (Å²) in [6, 6.07) is 11.8. The molecule has 1 aliphatic heterocycles. The van der Waals surface area contributed by atoms with E-state index < -0.39 is 0 Å². The van der Waals surface area contributed by atoms with Crippen molar-refractivity contribution in [2.45, 2.75) is 25.4 Å². The standard InChI is InChI=1S/C17H18N2O2/c20-17(19-11-9-13-4-3-10-18-12-13)16-8-7-14-5-1-2-6-15(14)21-16/h1-6,10,12,16H,7-9,11H2,(H,19,20). The molecule has 1 atom stereocenters. The fourth-order valence-corrected chi connectivity index (χ4v) is 2.50. The van der Waals surface area contributed by atoms with Gasteiger partial charge in [-0.25, -0.2) is 0 Å². The summed E-state index contributed by atoms with van der Waals surface area (Å²) in [6.07, 6.45) is 5.58. The van der Waals surface area contributed by atoms with Gasteiger partial charge in [0.05, 0.1) is 0 Å². The number of fused-ring (bicyclic) bond motifs is 1. The number of amides is 1. The van der Waals surface area contributed by atoms with Crippen molar-refractivity contribution in [1.29, 1.82) is 0 Å². The van der Waals surface area contributed by atoms with Crippen LogP contribution in [-0.2, 0) is 17.6 Å². The zero-order valence-electron chi connectivity index (χ0n) is 11.8. The van der Waals surface area contributed by atoms with Gasteiger partial charge in [0.1, 0.15) is 5.75 Å². The van der Waals surface area contributed by atoms with E-state index in [4.69, 9.17) is 4.74 Å². The van der Waals surface area contributed by atoms with E-state index in [1.165, 1.54) is 5.56 Å². The maximum atomic E-state index is 12.1. The number of carbonyl (C=O) groups excluding carboxylic acids is 1. The van der Waals surface area contributed by atoms with E-state index in [1.54, 1.807) is 6.20 Å². The number of ether oxygens (including phenoxy) is 1. The molecule has 21 heavy (non-hydrogen) atoms. The molecule has 108 valence electrons. The zero-order chi connectivity index (χ0) is 14.5. The minimum absolute atomic E-state index is 0.0339. The topological polar surface area (TPSA) is 51.2 Å². The molecule has 1 amide bonds. The van der Waals surface area contributed by atoms with E-state index in [9.17, 15) is 4.79 Å². The predicted octanol–water partition coefficient (Wildman–Crippen LogP) is 2.13. The smallest absolute Gasteiger partial charge is 0.261 e. The second kappa shape index (κ2) is 6.39. The molecule has 2 aromatic rings. The lowest BCUT2D eigenvalue weighted by Crippen LogP contribution is -2.41. The first-order chi connectivity index (χ1) is 10.3. The molecule has 0 radical (unpaired) electrons. The Morgan fingerprint density at radius 2 is 2.19 bits per heavy atom. The zero-order valence-corrected chi connectivity index (χ0v) is 11.8. The summed E-state index contributed by atoms with van der Waals surface area (Å²) in [5.74, 6) is 0.796. The Hall–Kier alpha value is -2.36.